The zero-order valence-corrected chi connectivity index (χ0v) is 5.67. The summed E-state index contributed by atoms with van der Waals surface area (Å²) < 4.78 is 0. The number of hydrogen-bond donors (Lipinski definition) is 1. The Hall–Kier alpha value is -2.05. The highest BCUT2D eigenvalue weighted by Crippen LogP contribution is 2.12. The Labute approximate surface area is 65.8 Å². The second-order valence-electron chi connectivity index (χ2n) is 1.82. The Morgan fingerprint density at radius 2 is 2.33 bits per heavy atom. The molecule has 62 valence electrons. The maximum atomic E-state index is 10.3. The minimum atomic E-state index is -1.44. The molecule has 1 rings (SSSR count). The van der Waals surface area contributed by atoms with Gasteiger partial charge in [-0.1, -0.05) is 0 Å². The van der Waals surface area contributed by atoms with E-state index in [9.17, 15) is 14.9 Å². The van der Waals surface area contributed by atoms with Gasteiger partial charge in [-0.15, -0.1) is 0 Å². The van der Waals surface area contributed by atoms with Gasteiger partial charge >= 0.3 is 11.7 Å². The van der Waals surface area contributed by atoms with Crippen molar-refractivity contribution in [2.24, 2.45) is 0 Å². The van der Waals surface area contributed by atoms with Crippen LogP contribution in [0.2, 0.25) is 0 Å². The van der Waals surface area contributed by atoms with Crippen LogP contribution < -0.4 is 0 Å². The zero-order chi connectivity index (χ0) is 9.14. The molecule has 0 saturated heterocycles. The van der Waals surface area contributed by atoms with Crippen molar-refractivity contribution in [3.05, 3.63) is 28.3 Å². The van der Waals surface area contributed by atoms with Gasteiger partial charge in [0.2, 0.25) is 5.69 Å². The number of aromatic carboxylic acids is 1. The van der Waals surface area contributed by atoms with Crippen molar-refractivity contribution in [1.82, 2.24) is 9.97 Å². The fourth-order valence-electron chi connectivity index (χ4n) is 0.621. The van der Waals surface area contributed by atoms with E-state index in [1.165, 1.54) is 0 Å². The van der Waals surface area contributed by atoms with Gasteiger partial charge in [-0.3, -0.25) is 10.1 Å². The molecule has 1 heterocycles. The van der Waals surface area contributed by atoms with Gasteiger partial charge in [-0.2, -0.15) is 0 Å². The molecule has 1 aromatic rings. The fraction of sp³-hybridized carbons (Fsp3) is 0. The monoisotopic (exact) mass is 169 g/mol. The molecule has 0 aliphatic rings. The van der Waals surface area contributed by atoms with E-state index in [0.29, 0.717) is 0 Å². The molecule has 1 N–H and O–H groups in total. The molecule has 12 heavy (non-hydrogen) atoms. The molecule has 0 aromatic carbocycles. The number of aromatic nitrogens is 2. The van der Waals surface area contributed by atoms with E-state index in [1.54, 1.807) is 0 Å². The summed E-state index contributed by atoms with van der Waals surface area (Å²) in [4.78, 5) is 26.3. The van der Waals surface area contributed by atoms with E-state index in [-0.39, 0.29) is 0 Å². The summed E-state index contributed by atoms with van der Waals surface area (Å²) in [6, 6.07) is 0. The van der Waals surface area contributed by atoms with E-state index in [1.807, 2.05) is 0 Å². The lowest BCUT2D eigenvalue weighted by atomic mass is 10.3. The summed E-state index contributed by atoms with van der Waals surface area (Å²) in [6.07, 6.45) is 1.78. The third-order valence-electron chi connectivity index (χ3n) is 1.09. The first-order chi connectivity index (χ1) is 5.63. The topological polar surface area (TPSA) is 106 Å². The molecule has 0 amide bonds. The van der Waals surface area contributed by atoms with Crippen LogP contribution in [-0.2, 0) is 0 Å². The summed E-state index contributed by atoms with van der Waals surface area (Å²) >= 11 is 0. The summed E-state index contributed by atoms with van der Waals surface area (Å²) in [5.41, 5.74) is -1.21. The highest BCUT2D eigenvalue weighted by Gasteiger charge is 2.20. The smallest absolute Gasteiger partial charge is 0.361 e. The van der Waals surface area contributed by atoms with Crippen LogP contribution in [-0.4, -0.2) is 26.0 Å². The van der Waals surface area contributed by atoms with Gasteiger partial charge in [0.25, 0.3) is 0 Å². The molecule has 1 aromatic heterocycles. The number of carbonyl (C=O) groups is 1. The van der Waals surface area contributed by atoms with Gasteiger partial charge in [0.1, 0.15) is 12.5 Å². The number of rotatable bonds is 2. The molecule has 0 radical (unpaired) electrons. The highest BCUT2D eigenvalue weighted by atomic mass is 16.6. The second-order valence-corrected chi connectivity index (χ2v) is 1.82. The summed E-state index contributed by atoms with van der Waals surface area (Å²) in [6.45, 7) is 0. The van der Waals surface area contributed by atoms with Crippen molar-refractivity contribution in [2.45, 2.75) is 0 Å². The van der Waals surface area contributed by atoms with Gasteiger partial charge in [-0.05, 0) is 0 Å². The predicted molar refractivity (Wildman–Crippen MR) is 35.6 cm³/mol. The normalized spacial score (nSPS) is 9.33. The van der Waals surface area contributed by atoms with Gasteiger partial charge in [0, 0.05) is 0 Å². The highest BCUT2D eigenvalue weighted by molar-refractivity contribution is 5.89. The average Bonchev–Trinajstić information content (AvgIpc) is 2.04. The van der Waals surface area contributed by atoms with Crippen LogP contribution >= 0.6 is 0 Å². The first-order valence-electron chi connectivity index (χ1n) is 2.80. The van der Waals surface area contributed by atoms with Crippen LogP contribution in [0.25, 0.3) is 0 Å². The van der Waals surface area contributed by atoms with Gasteiger partial charge < -0.3 is 5.11 Å². The molecule has 0 aliphatic carbocycles. The van der Waals surface area contributed by atoms with E-state index in [4.69, 9.17) is 5.11 Å². The zero-order valence-electron chi connectivity index (χ0n) is 5.67. The maximum absolute atomic E-state index is 10.3. The number of nitrogens with zero attached hydrogens (tertiary/aromatic N) is 3. The molecule has 7 heteroatoms. The minimum Gasteiger partial charge on any atom is -0.476 e. The Balaban J connectivity index is 3.27. The molecule has 0 unspecified atom stereocenters. The largest absolute Gasteiger partial charge is 0.476 e. The Morgan fingerprint density at radius 3 is 2.75 bits per heavy atom. The molecule has 0 spiro atoms. The minimum absolute atomic E-state index is 0.602. The SMILES string of the molecule is O=C(O)c1ncncc1[N+](=O)[O-]. The molecule has 0 bridgehead atoms. The third kappa shape index (κ3) is 1.34. The van der Waals surface area contributed by atoms with Crippen LogP contribution in [0.15, 0.2) is 12.5 Å². The average molecular weight is 169 g/mol. The Morgan fingerprint density at radius 1 is 1.67 bits per heavy atom. The van der Waals surface area contributed by atoms with Crippen molar-refractivity contribution in [1.29, 1.82) is 0 Å². The molecule has 0 fully saturated rings. The lowest BCUT2D eigenvalue weighted by Gasteiger charge is -1.93. The Bertz CT molecular complexity index is 304. The first-order valence-corrected chi connectivity index (χ1v) is 2.80. The third-order valence-corrected chi connectivity index (χ3v) is 1.09. The van der Waals surface area contributed by atoms with Crippen LogP contribution in [0.4, 0.5) is 5.69 Å². The van der Waals surface area contributed by atoms with Gasteiger partial charge in [0.15, 0.2) is 0 Å². The summed E-state index contributed by atoms with van der Waals surface area (Å²) in [5, 5.41) is 18.6. The van der Waals surface area contributed by atoms with E-state index in [0.717, 1.165) is 12.5 Å². The Kier molecular flexibility index (Phi) is 1.95. The summed E-state index contributed by atoms with van der Waals surface area (Å²) in [5.74, 6) is -1.44. The fourth-order valence-corrected chi connectivity index (χ4v) is 0.621. The predicted octanol–water partition coefficient (Wildman–Crippen LogP) is 0.0830. The lowest BCUT2D eigenvalue weighted by molar-refractivity contribution is -0.385. The standard InChI is InChI=1S/C5H3N3O4/c9-5(10)4-3(8(11)12)1-6-2-7-4/h1-2H,(H,9,10). The molecule has 0 saturated carbocycles. The van der Waals surface area contributed by atoms with Crippen molar-refractivity contribution in [2.75, 3.05) is 0 Å². The van der Waals surface area contributed by atoms with Crippen molar-refractivity contribution < 1.29 is 14.8 Å². The lowest BCUT2D eigenvalue weighted by Crippen LogP contribution is -2.05. The van der Waals surface area contributed by atoms with Crippen LogP contribution in [0.3, 0.4) is 0 Å². The van der Waals surface area contributed by atoms with Gasteiger partial charge in [0.05, 0.1) is 4.92 Å². The van der Waals surface area contributed by atoms with Crippen LogP contribution in [0, 0.1) is 10.1 Å². The summed E-state index contributed by atoms with van der Waals surface area (Å²) in [7, 11) is 0. The molecular formula is C5H3N3O4. The molecule has 0 atom stereocenters. The van der Waals surface area contributed by atoms with Crippen molar-refractivity contribution in [3.8, 4) is 0 Å². The van der Waals surface area contributed by atoms with E-state index < -0.39 is 22.3 Å². The quantitative estimate of drug-likeness (QED) is 0.496. The maximum Gasteiger partial charge on any atom is 0.361 e. The number of hydrogen-bond acceptors (Lipinski definition) is 5. The van der Waals surface area contributed by atoms with E-state index >= 15 is 0 Å². The number of carboxylic acid groups (broad SMARTS) is 1. The van der Waals surface area contributed by atoms with Crippen LogP contribution in [0.5, 0.6) is 0 Å². The number of nitro groups is 1. The molecule has 0 aliphatic heterocycles. The number of carboxylic acids is 1. The van der Waals surface area contributed by atoms with Crippen molar-refractivity contribution >= 4 is 11.7 Å². The van der Waals surface area contributed by atoms with Crippen molar-refractivity contribution in [3.63, 3.8) is 0 Å². The van der Waals surface area contributed by atoms with E-state index in [2.05, 4.69) is 9.97 Å². The van der Waals surface area contributed by atoms with Crippen LogP contribution in [0.1, 0.15) is 10.5 Å². The molecule has 7 nitrogen and oxygen atoms in total. The first kappa shape index (κ1) is 8.05. The molecular weight excluding hydrogens is 166 g/mol. The second kappa shape index (κ2) is 2.91. The van der Waals surface area contributed by atoms with Gasteiger partial charge in [-0.25, -0.2) is 14.8 Å².